The number of carboxylic acid groups (broad SMARTS) is 1. The monoisotopic (exact) mass is 379 g/mol. The third-order valence-electron chi connectivity index (χ3n) is 6.28. The Kier molecular flexibility index (Phi) is 4.61. The maximum Gasteiger partial charge on any atom is 0.410 e. The Bertz CT molecular complexity index is 875. The topological polar surface area (TPSA) is 66.8 Å². The van der Waals surface area contributed by atoms with Crippen LogP contribution >= 0.6 is 0 Å². The van der Waals surface area contributed by atoms with Crippen molar-refractivity contribution in [2.24, 2.45) is 5.92 Å². The van der Waals surface area contributed by atoms with E-state index >= 15 is 0 Å². The summed E-state index contributed by atoms with van der Waals surface area (Å²) in [6, 6.07) is 16.4. The molecule has 1 heterocycles. The molecule has 28 heavy (non-hydrogen) atoms. The van der Waals surface area contributed by atoms with Gasteiger partial charge in [-0.2, -0.15) is 0 Å². The molecule has 1 aliphatic heterocycles. The van der Waals surface area contributed by atoms with Crippen LogP contribution in [0, 0.1) is 5.92 Å². The van der Waals surface area contributed by atoms with Crippen molar-refractivity contribution >= 4 is 12.1 Å². The number of carbonyl (C=O) groups excluding carboxylic acids is 1. The normalized spacial score (nSPS) is 20.4. The van der Waals surface area contributed by atoms with E-state index < -0.39 is 23.5 Å². The Hall–Kier alpha value is -2.82. The highest BCUT2D eigenvalue weighted by molar-refractivity contribution is 5.79. The molecule has 1 saturated heterocycles. The van der Waals surface area contributed by atoms with Gasteiger partial charge in [0.05, 0.1) is 11.5 Å². The predicted molar refractivity (Wildman–Crippen MR) is 106 cm³/mol. The number of likely N-dealkylation sites (tertiary alicyclic amines) is 1. The molecule has 1 atom stereocenters. The Balaban J connectivity index is 1.53. The van der Waals surface area contributed by atoms with E-state index in [0.29, 0.717) is 19.4 Å². The summed E-state index contributed by atoms with van der Waals surface area (Å²) in [5.41, 5.74) is 3.93. The molecule has 5 nitrogen and oxygen atoms in total. The van der Waals surface area contributed by atoms with Crippen molar-refractivity contribution in [1.29, 1.82) is 0 Å². The van der Waals surface area contributed by atoms with Gasteiger partial charge < -0.3 is 14.7 Å². The van der Waals surface area contributed by atoms with E-state index in [0.717, 1.165) is 11.1 Å². The number of benzene rings is 2. The van der Waals surface area contributed by atoms with Crippen molar-refractivity contribution < 1.29 is 19.4 Å². The molecular weight excluding hydrogens is 354 g/mol. The number of piperidine rings is 1. The highest BCUT2D eigenvalue weighted by atomic mass is 16.6. The lowest BCUT2D eigenvalue weighted by molar-refractivity contribution is -0.148. The number of ether oxygens (including phenoxy) is 1. The van der Waals surface area contributed by atoms with Gasteiger partial charge in [-0.3, -0.25) is 4.79 Å². The molecule has 0 radical (unpaired) electrons. The molecule has 2 aromatic rings. The van der Waals surface area contributed by atoms with Gasteiger partial charge in [0.1, 0.15) is 6.61 Å². The first-order chi connectivity index (χ1) is 13.4. The standard InChI is InChI=1S/C23H25NO4/c1-23(2)20(21(25)26)12-7-13-24(23)22(27)28-14-19-17-10-5-3-8-15(17)16-9-4-6-11-18(16)19/h3-6,8-11,19-20H,7,12-14H2,1-2H3,(H,25,26). The van der Waals surface area contributed by atoms with Crippen LogP contribution in [0.1, 0.15) is 43.7 Å². The summed E-state index contributed by atoms with van der Waals surface area (Å²) in [6.45, 7) is 4.39. The maximum atomic E-state index is 12.9. The zero-order valence-electron chi connectivity index (χ0n) is 16.2. The highest BCUT2D eigenvalue weighted by Gasteiger charge is 2.45. The molecule has 2 aliphatic rings. The predicted octanol–water partition coefficient (Wildman–Crippen LogP) is 4.51. The summed E-state index contributed by atoms with van der Waals surface area (Å²) in [7, 11) is 0. The first kappa shape index (κ1) is 18.5. The van der Waals surface area contributed by atoms with Gasteiger partial charge in [-0.25, -0.2) is 4.79 Å². The summed E-state index contributed by atoms with van der Waals surface area (Å²) in [4.78, 5) is 26.1. The van der Waals surface area contributed by atoms with E-state index in [-0.39, 0.29) is 12.5 Å². The van der Waals surface area contributed by atoms with Gasteiger partial charge in [-0.1, -0.05) is 48.5 Å². The molecule has 1 amide bonds. The van der Waals surface area contributed by atoms with Crippen molar-refractivity contribution in [3.63, 3.8) is 0 Å². The molecule has 0 spiro atoms. The summed E-state index contributed by atoms with van der Waals surface area (Å²) >= 11 is 0. The van der Waals surface area contributed by atoms with E-state index in [1.54, 1.807) is 4.90 Å². The number of aliphatic carboxylic acids is 1. The minimum Gasteiger partial charge on any atom is -0.481 e. The van der Waals surface area contributed by atoms with Crippen molar-refractivity contribution in [2.45, 2.75) is 38.1 Å². The van der Waals surface area contributed by atoms with Crippen LogP contribution in [-0.2, 0) is 9.53 Å². The lowest BCUT2D eigenvalue weighted by atomic mass is 9.79. The summed E-state index contributed by atoms with van der Waals surface area (Å²) in [6.07, 6.45) is 0.817. The molecule has 5 heteroatoms. The quantitative estimate of drug-likeness (QED) is 0.852. The number of fused-ring (bicyclic) bond motifs is 3. The van der Waals surface area contributed by atoms with E-state index in [2.05, 4.69) is 24.3 Å². The SMILES string of the molecule is CC1(C)C(C(=O)O)CCCN1C(=O)OCC1c2ccccc2-c2ccccc21. The summed E-state index contributed by atoms with van der Waals surface area (Å²) < 4.78 is 5.74. The largest absolute Gasteiger partial charge is 0.481 e. The van der Waals surface area contributed by atoms with E-state index in [1.165, 1.54) is 11.1 Å². The van der Waals surface area contributed by atoms with Crippen LogP contribution in [0.4, 0.5) is 4.79 Å². The summed E-state index contributed by atoms with van der Waals surface area (Å²) in [5, 5.41) is 9.52. The molecule has 0 saturated carbocycles. The Morgan fingerprint density at radius 3 is 2.21 bits per heavy atom. The molecule has 0 aromatic heterocycles. The fourth-order valence-corrected chi connectivity index (χ4v) is 4.71. The molecule has 1 unspecified atom stereocenters. The average Bonchev–Trinajstić information content (AvgIpc) is 2.99. The Morgan fingerprint density at radius 2 is 1.64 bits per heavy atom. The number of nitrogens with zero attached hydrogens (tertiary/aromatic N) is 1. The Labute approximate surface area is 164 Å². The number of hydrogen-bond acceptors (Lipinski definition) is 3. The highest BCUT2D eigenvalue weighted by Crippen LogP contribution is 2.44. The first-order valence-corrected chi connectivity index (χ1v) is 9.76. The molecule has 146 valence electrons. The van der Waals surface area contributed by atoms with Gasteiger partial charge in [0.2, 0.25) is 0 Å². The fourth-order valence-electron chi connectivity index (χ4n) is 4.71. The Morgan fingerprint density at radius 1 is 1.07 bits per heavy atom. The molecule has 1 aliphatic carbocycles. The van der Waals surface area contributed by atoms with Crippen molar-refractivity contribution in [3.05, 3.63) is 59.7 Å². The molecule has 4 rings (SSSR count). The first-order valence-electron chi connectivity index (χ1n) is 9.76. The van der Waals surface area contributed by atoms with Crippen LogP contribution < -0.4 is 0 Å². The van der Waals surface area contributed by atoms with Crippen LogP contribution in [0.2, 0.25) is 0 Å². The summed E-state index contributed by atoms with van der Waals surface area (Å²) in [5.74, 6) is -1.44. The molecule has 2 aromatic carbocycles. The van der Waals surface area contributed by atoms with Gasteiger partial charge >= 0.3 is 12.1 Å². The van der Waals surface area contributed by atoms with Gasteiger partial charge in [-0.05, 0) is 48.9 Å². The smallest absolute Gasteiger partial charge is 0.410 e. The number of amides is 1. The van der Waals surface area contributed by atoms with Crippen molar-refractivity contribution in [2.75, 3.05) is 13.2 Å². The van der Waals surface area contributed by atoms with E-state index in [1.807, 2.05) is 38.1 Å². The van der Waals surface area contributed by atoms with Crippen molar-refractivity contribution in [3.8, 4) is 11.1 Å². The molecule has 1 N–H and O–H groups in total. The van der Waals surface area contributed by atoms with Gasteiger partial charge in [0, 0.05) is 12.5 Å². The zero-order valence-corrected chi connectivity index (χ0v) is 16.2. The van der Waals surface area contributed by atoms with Crippen LogP contribution in [0.15, 0.2) is 48.5 Å². The zero-order chi connectivity index (χ0) is 19.9. The van der Waals surface area contributed by atoms with Crippen LogP contribution in [-0.4, -0.2) is 40.8 Å². The molecule has 0 bridgehead atoms. The number of hydrogen-bond donors (Lipinski definition) is 1. The third kappa shape index (κ3) is 2.95. The second-order valence-corrected chi connectivity index (χ2v) is 8.14. The van der Waals surface area contributed by atoms with E-state index in [9.17, 15) is 14.7 Å². The fraction of sp³-hybridized carbons (Fsp3) is 0.391. The lowest BCUT2D eigenvalue weighted by Gasteiger charge is -2.45. The van der Waals surface area contributed by atoms with Gasteiger partial charge in [-0.15, -0.1) is 0 Å². The lowest BCUT2D eigenvalue weighted by Crippen LogP contribution is -2.57. The number of carbonyl (C=O) groups is 2. The molecule has 1 fully saturated rings. The van der Waals surface area contributed by atoms with Crippen LogP contribution in [0.25, 0.3) is 11.1 Å². The van der Waals surface area contributed by atoms with Crippen LogP contribution in [0.5, 0.6) is 0 Å². The number of rotatable bonds is 3. The van der Waals surface area contributed by atoms with E-state index in [4.69, 9.17) is 4.74 Å². The molecular formula is C23H25NO4. The minimum atomic E-state index is -0.860. The number of carboxylic acids is 1. The van der Waals surface area contributed by atoms with Gasteiger partial charge in [0.15, 0.2) is 0 Å². The second-order valence-electron chi connectivity index (χ2n) is 8.14. The third-order valence-corrected chi connectivity index (χ3v) is 6.28. The average molecular weight is 379 g/mol. The van der Waals surface area contributed by atoms with Crippen molar-refractivity contribution in [1.82, 2.24) is 4.90 Å². The minimum absolute atomic E-state index is 0.000441. The van der Waals surface area contributed by atoms with Crippen LogP contribution in [0.3, 0.4) is 0 Å². The van der Waals surface area contributed by atoms with Gasteiger partial charge in [0.25, 0.3) is 0 Å². The maximum absolute atomic E-state index is 12.9. The second kappa shape index (κ2) is 6.97.